The minimum absolute atomic E-state index is 0.313. The summed E-state index contributed by atoms with van der Waals surface area (Å²) >= 11 is 0. The number of anilines is 2. The first kappa shape index (κ1) is 19.1. The summed E-state index contributed by atoms with van der Waals surface area (Å²) in [6, 6.07) is 16.0. The number of carbonyl (C=O) groups is 1. The third-order valence-corrected chi connectivity index (χ3v) is 4.47. The molecule has 30 heavy (non-hydrogen) atoms. The molecule has 0 saturated heterocycles. The number of aromatic nitrogens is 4. The largest absolute Gasteiger partial charge is 0.439 e. The Morgan fingerprint density at radius 2 is 1.70 bits per heavy atom. The second kappa shape index (κ2) is 8.44. The fourth-order valence-corrected chi connectivity index (χ4v) is 2.76. The number of hydrogen-bond donors (Lipinski definition) is 2. The lowest BCUT2D eigenvalue weighted by molar-refractivity contribution is 0.262. The maximum Gasteiger partial charge on any atom is 0.323 e. The maximum atomic E-state index is 12.2. The molecule has 0 unspecified atom stereocenters. The van der Waals surface area contributed by atoms with Gasteiger partial charge in [0.05, 0.1) is 0 Å². The van der Waals surface area contributed by atoms with Crippen LogP contribution in [0.5, 0.6) is 11.6 Å². The molecular formula is C22H20N6O2. The van der Waals surface area contributed by atoms with Crippen LogP contribution in [0.2, 0.25) is 0 Å². The van der Waals surface area contributed by atoms with Gasteiger partial charge in [-0.25, -0.2) is 19.4 Å². The van der Waals surface area contributed by atoms with Crippen LogP contribution in [-0.4, -0.2) is 25.8 Å². The summed E-state index contributed by atoms with van der Waals surface area (Å²) in [6.07, 6.45) is 4.87. The Balaban J connectivity index is 1.37. The van der Waals surface area contributed by atoms with Crippen molar-refractivity contribution in [1.82, 2.24) is 19.7 Å². The first-order chi connectivity index (χ1) is 14.6. The van der Waals surface area contributed by atoms with Crippen molar-refractivity contribution in [2.45, 2.75) is 13.8 Å². The van der Waals surface area contributed by atoms with Crippen molar-refractivity contribution >= 4 is 17.4 Å². The topological polar surface area (TPSA) is 94.0 Å². The van der Waals surface area contributed by atoms with Gasteiger partial charge >= 0.3 is 6.03 Å². The van der Waals surface area contributed by atoms with Crippen LogP contribution >= 0.6 is 0 Å². The molecular weight excluding hydrogens is 380 g/mol. The number of amides is 2. The van der Waals surface area contributed by atoms with Crippen LogP contribution in [0.25, 0.3) is 5.82 Å². The van der Waals surface area contributed by atoms with Gasteiger partial charge in [0.15, 0.2) is 5.82 Å². The van der Waals surface area contributed by atoms with Gasteiger partial charge in [0.25, 0.3) is 0 Å². The van der Waals surface area contributed by atoms with Gasteiger partial charge in [-0.05, 0) is 67.4 Å². The van der Waals surface area contributed by atoms with Crippen molar-refractivity contribution < 1.29 is 9.53 Å². The molecule has 2 N–H and O–H groups in total. The lowest BCUT2D eigenvalue weighted by atomic mass is 10.1. The molecule has 0 saturated carbocycles. The second-order valence-electron chi connectivity index (χ2n) is 6.67. The normalized spacial score (nSPS) is 10.5. The highest BCUT2D eigenvalue weighted by atomic mass is 16.5. The number of ether oxygens (including phenoxy) is 1. The standard InChI is InChI=1S/C22H20N6O2/c1-15-4-5-18(12-16(15)2)27-22(29)26-17-6-8-19(9-7-17)30-21-13-20(23-14-24-21)28-11-3-10-25-28/h3-14H,1-2H3,(H2,26,27,29). The number of urea groups is 1. The smallest absolute Gasteiger partial charge is 0.323 e. The zero-order chi connectivity index (χ0) is 20.9. The van der Waals surface area contributed by atoms with E-state index in [4.69, 9.17) is 4.74 Å². The van der Waals surface area contributed by atoms with Gasteiger partial charge in [-0.2, -0.15) is 5.10 Å². The van der Waals surface area contributed by atoms with Gasteiger partial charge in [-0.1, -0.05) is 6.07 Å². The quantitative estimate of drug-likeness (QED) is 0.506. The van der Waals surface area contributed by atoms with Crippen LogP contribution in [0.4, 0.5) is 16.2 Å². The molecule has 2 amide bonds. The number of benzene rings is 2. The Kier molecular flexibility index (Phi) is 5.38. The van der Waals surface area contributed by atoms with Crippen molar-refractivity contribution in [3.05, 3.63) is 84.4 Å². The van der Waals surface area contributed by atoms with Crippen molar-refractivity contribution in [2.75, 3.05) is 10.6 Å². The molecule has 0 bridgehead atoms. The molecule has 0 radical (unpaired) electrons. The fraction of sp³-hybridized carbons (Fsp3) is 0.0909. The summed E-state index contributed by atoms with van der Waals surface area (Å²) in [4.78, 5) is 20.5. The van der Waals surface area contributed by atoms with Crippen molar-refractivity contribution in [3.8, 4) is 17.4 Å². The van der Waals surface area contributed by atoms with E-state index in [0.29, 0.717) is 23.1 Å². The molecule has 0 spiro atoms. The number of nitrogens with zero attached hydrogens (tertiary/aromatic N) is 4. The van der Waals surface area contributed by atoms with E-state index < -0.39 is 0 Å². The SMILES string of the molecule is Cc1ccc(NC(=O)Nc2ccc(Oc3cc(-n4cccn4)ncn3)cc2)cc1C. The number of carbonyl (C=O) groups excluding carboxylic acids is 1. The van der Waals surface area contributed by atoms with Gasteiger partial charge in [0, 0.05) is 29.8 Å². The lowest BCUT2D eigenvalue weighted by Gasteiger charge is -2.10. The van der Waals surface area contributed by atoms with Crippen molar-refractivity contribution in [3.63, 3.8) is 0 Å². The predicted molar refractivity (Wildman–Crippen MR) is 114 cm³/mol. The Morgan fingerprint density at radius 3 is 2.43 bits per heavy atom. The summed E-state index contributed by atoms with van der Waals surface area (Å²) in [6.45, 7) is 4.04. The van der Waals surface area contributed by atoms with E-state index >= 15 is 0 Å². The molecule has 8 heteroatoms. The molecule has 150 valence electrons. The molecule has 0 fully saturated rings. The Morgan fingerprint density at radius 1 is 0.933 bits per heavy atom. The summed E-state index contributed by atoms with van der Waals surface area (Å²) in [5.74, 6) is 1.58. The highest BCUT2D eigenvalue weighted by molar-refractivity contribution is 5.99. The predicted octanol–water partition coefficient (Wildman–Crippen LogP) is 4.72. The molecule has 2 heterocycles. The highest BCUT2D eigenvalue weighted by Crippen LogP contribution is 2.22. The van der Waals surface area contributed by atoms with Gasteiger partial charge in [0.2, 0.25) is 5.88 Å². The van der Waals surface area contributed by atoms with Gasteiger partial charge in [0.1, 0.15) is 12.1 Å². The molecule has 4 aromatic rings. The molecule has 4 rings (SSSR count). The van der Waals surface area contributed by atoms with E-state index in [2.05, 4.69) is 25.7 Å². The van der Waals surface area contributed by atoms with Crippen molar-refractivity contribution in [1.29, 1.82) is 0 Å². The van der Waals surface area contributed by atoms with E-state index in [1.165, 1.54) is 11.9 Å². The molecule has 0 aliphatic heterocycles. The zero-order valence-corrected chi connectivity index (χ0v) is 16.5. The van der Waals surface area contributed by atoms with E-state index in [0.717, 1.165) is 11.3 Å². The van der Waals surface area contributed by atoms with Crippen LogP contribution < -0.4 is 15.4 Å². The van der Waals surface area contributed by atoms with Gasteiger partial charge in [-0.3, -0.25) is 0 Å². The monoisotopic (exact) mass is 400 g/mol. The van der Waals surface area contributed by atoms with Crippen LogP contribution in [0, 0.1) is 13.8 Å². The Labute approximate surface area is 173 Å². The third-order valence-electron chi connectivity index (χ3n) is 4.47. The molecule has 0 aliphatic rings. The van der Waals surface area contributed by atoms with Crippen LogP contribution in [0.1, 0.15) is 11.1 Å². The lowest BCUT2D eigenvalue weighted by Crippen LogP contribution is -2.19. The van der Waals surface area contributed by atoms with E-state index in [9.17, 15) is 4.79 Å². The first-order valence-corrected chi connectivity index (χ1v) is 9.32. The average molecular weight is 400 g/mol. The van der Waals surface area contributed by atoms with Crippen LogP contribution in [0.3, 0.4) is 0 Å². The molecule has 2 aromatic carbocycles. The molecule has 2 aromatic heterocycles. The van der Waals surface area contributed by atoms with Gasteiger partial charge < -0.3 is 15.4 Å². The van der Waals surface area contributed by atoms with Crippen molar-refractivity contribution in [2.24, 2.45) is 0 Å². The molecule has 0 aliphatic carbocycles. The summed E-state index contributed by atoms with van der Waals surface area (Å²) in [5, 5.41) is 9.76. The molecule has 0 atom stereocenters. The second-order valence-corrected chi connectivity index (χ2v) is 6.67. The number of aryl methyl sites for hydroxylation is 2. The maximum absolute atomic E-state index is 12.2. The van der Waals surface area contributed by atoms with E-state index in [1.54, 1.807) is 47.4 Å². The Hall–Kier alpha value is -4.20. The fourth-order valence-electron chi connectivity index (χ4n) is 2.76. The minimum Gasteiger partial charge on any atom is -0.439 e. The molecule has 8 nitrogen and oxygen atoms in total. The Bertz CT molecular complexity index is 1160. The van der Waals surface area contributed by atoms with Gasteiger partial charge in [-0.15, -0.1) is 0 Å². The average Bonchev–Trinajstić information content (AvgIpc) is 3.27. The minimum atomic E-state index is -0.313. The summed E-state index contributed by atoms with van der Waals surface area (Å²) < 4.78 is 7.40. The van der Waals surface area contributed by atoms with Crippen LogP contribution in [0.15, 0.2) is 73.3 Å². The first-order valence-electron chi connectivity index (χ1n) is 9.32. The summed E-state index contributed by atoms with van der Waals surface area (Å²) in [5.41, 5.74) is 3.68. The zero-order valence-electron chi connectivity index (χ0n) is 16.5. The number of nitrogens with one attached hydrogen (secondary N) is 2. The number of rotatable bonds is 5. The van der Waals surface area contributed by atoms with E-state index in [-0.39, 0.29) is 6.03 Å². The summed E-state index contributed by atoms with van der Waals surface area (Å²) in [7, 11) is 0. The van der Waals surface area contributed by atoms with Crippen LogP contribution in [-0.2, 0) is 0 Å². The third kappa shape index (κ3) is 4.61. The number of hydrogen-bond acceptors (Lipinski definition) is 5. The van der Waals surface area contributed by atoms with E-state index in [1.807, 2.05) is 38.1 Å². The highest BCUT2D eigenvalue weighted by Gasteiger charge is 2.06.